The van der Waals surface area contributed by atoms with Crippen LogP contribution in [0.1, 0.15) is 33.4 Å². The molecule has 0 amide bonds. The maximum Gasteiger partial charge on any atom is 0.271 e. The molecule has 2 aromatic rings. The molecule has 2 heterocycles. The molecule has 0 fully saturated rings. The maximum atomic E-state index is 12.4. The zero-order valence-electron chi connectivity index (χ0n) is 15.9. The van der Waals surface area contributed by atoms with Gasteiger partial charge in [0.05, 0.1) is 26.3 Å². The van der Waals surface area contributed by atoms with Crippen molar-refractivity contribution in [2.24, 2.45) is 0 Å². The number of hydrogen-bond acceptors (Lipinski definition) is 8. The second kappa shape index (κ2) is 8.61. The molecule has 4 N–H and O–H groups in total. The second-order valence-corrected chi connectivity index (χ2v) is 6.37. The van der Waals surface area contributed by atoms with Crippen molar-refractivity contribution in [1.82, 2.24) is 9.13 Å². The smallest absolute Gasteiger partial charge is 0.271 e. The highest BCUT2D eigenvalue weighted by atomic mass is 16.3. The minimum atomic E-state index is -0.760. The van der Waals surface area contributed by atoms with Crippen molar-refractivity contribution in [2.45, 2.75) is 33.4 Å². The summed E-state index contributed by atoms with van der Waals surface area (Å²) in [5.41, 5.74) is -1.35. The van der Waals surface area contributed by atoms with Crippen molar-refractivity contribution in [2.75, 3.05) is 13.2 Å². The standard InChI is InChI=1S/C19H20N4O6/c1-10-12(16(26)22(3-5-24)18(28)14(10)8-20)7-13-11(2)15(9-21)19(29)23(4-6-25)17(13)27/h24-27H,3-7H2,1-2H3. The molecule has 0 unspecified atom stereocenters. The van der Waals surface area contributed by atoms with E-state index in [1.165, 1.54) is 13.8 Å². The summed E-state index contributed by atoms with van der Waals surface area (Å²) in [4.78, 5) is 24.7. The quantitative estimate of drug-likeness (QED) is 0.495. The monoisotopic (exact) mass is 400 g/mol. The van der Waals surface area contributed by atoms with Crippen LogP contribution in [-0.4, -0.2) is 42.8 Å². The van der Waals surface area contributed by atoms with E-state index < -0.39 is 36.1 Å². The Labute approximate surface area is 165 Å². The Morgan fingerprint density at radius 2 is 1.14 bits per heavy atom. The van der Waals surface area contributed by atoms with Crippen LogP contribution in [0.2, 0.25) is 0 Å². The van der Waals surface area contributed by atoms with Crippen LogP contribution in [0.4, 0.5) is 0 Å². The Balaban J connectivity index is 2.85. The van der Waals surface area contributed by atoms with Crippen molar-refractivity contribution in [3.63, 3.8) is 0 Å². The van der Waals surface area contributed by atoms with E-state index in [2.05, 4.69) is 0 Å². The molecule has 0 spiro atoms. The summed E-state index contributed by atoms with van der Waals surface area (Å²) in [5.74, 6) is -0.976. The molecule has 0 aliphatic carbocycles. The van der Waals surface area contributed by atoms with Gasteiger partial charge in [0.15, 0.2) is 11.8 Å². The molecular formula is C19H20N4O6. The lowest BCUT2D eigenvalue weighted by atomic mass is 9.95. The van der Waals surface area contributed by atoms with Crippen LogP contribution in [-0.2, 0) is 19.5 Å². The molecular weight excluding hydrogens is 380 g/mol. The van der Waals surface area contributed by atoms with E-state index in [0.29, 0.717) is 0 Å². The van der Waals surface area contributed by atoms with Gasteiger partial charge >= 0.3 is 0 Å². The summed E-state index contributed by atoms with van der Waals surface area (Å²) in [6.45, 7) is 1.52. The first-order chi connectivity index (χ1) is 13.7. The molecule has 0 aromatic carbocycles. The molecule has 0 aliphatic rings. The fourth-order valence-electron chi connectivity index (χ4n) is 3.22. The summed E-state index contributed by atoms with van der Waals surface area (Å²) in [6, 6.07) is 3.56. The zero-order chi connectivity index (χ0) is 21.9. The fourth-order valence-corrected chi connectivity index (χ4v) is 3.22. The number of hydrogen-bond donors (Lipinski definition) is 4. The third-order valence-electron chi connectivity index (χ3n) is 4.85. The summed E-state index contributed by atoms with van der Waals surface area (Å²) < 4.78 is 1.70. The number of nitrogens with zero attached hydrogens (tertiary/aromatic N) is 4. The average molecular weight is 400 g/mol. The van der Waals surface area contributed by atoms with E-state index in [0.717, 1.165) is 9.13 Å². The number of aliphatic hydroxyl groups is 2. The number of rotatable bonds is 6. The number of nitriles is 2. The van der Waals surface area contributed by atoms with E-state index in [1.807, 2.05) is 0 Å². The molecule has 10 nitrogen and oxygen atoms in total. The van der Waals surface area contributed by atoms with Gasteiger partial charge in [-0.1, -0.05) is 0 Å². The molecule has 0 bridgehead atoms. The number of pyridine rings is 2. The van der Waals surface area contributed by atoms with Gasteiger partial charge < -0.3 is 20.4 Å². The van der Waals surface area contributed by atoms with E-state index in [1.54, 1.807) is 12.1 Å². The van der Waals surface area contributed by atoms with Crippen LogP contribution in [0.15, 0.2) is 9.59 Å². The minimum absolute atomic E-state index is 0.131. The molecule has 0 atom stereocenters. The molecule has 0 saturated heterocycles. The molecule has 152 valence electrons. The Kier molecular flexibility index (Phi) is 6.44. The van der Waals surface area contributed by atoms with E-state index in [-0.39, 0.29) is 52.9 Å². The lowest BCUT2D eigenvalue weighted by Gasteiger charge is -2.19. The molecule has 2 aromatic heterocycles. The Morgan fingerprint density at radius 3 is 1.41 bits per heavy atom. The third-order valence-corrected chi connectivity index (χ3v) is 4.85. The van der Waals surface area contributed by atoms with Gasteiger partial charge in [0.1, 0.15) is 23.3 Å². The Hall–Kier alpha value is -3.60. The summed E-state index contributed by atoms with van der Waals surface area (Å²) in [6.07, 6.45) is -0.198. The van der Waals surface area contributed by atoms with Crippen LogP contribution < -0.4 is 11.1 Å². The normalized spacial score (nSPS) is 10.6. The summed E-state index contributed by atoms with van der Waals surface area (Å²) >= 11 is 0. The highest BCUT2D eigenvalue weighted by Gasteiger charge is 2.24. The second-order valence-electron chi connectivity index (χ2n) is 6.37. The predicted molar refractivity (Wildman–Crippen MR) is 101 cm³/mol. The highest BCUT2D eigenvalue weighted by Crippen LogP contribution is 2.30. The fraction of sp³-hybridized carbons (Fsp3) is 0.368. The van der Waals surface area contributed by atoms with Gasteiger partial charge in [0, 0.05) is 17.5 Å². The van der Waals surface area contributed by atoms with Crippen LogP contribution in [0.25, 0.3) is 0 Å². The van der Waals surface area contributed by atoms with E-state index in [4.69, 9.17) is 0 Å². The molecule has 29 heavy (non-hydrogen) atoms. The van der Waals surface area contributed by atoms with Crippen molar-refractivity contribution in [1.29, 1.82) is 10.5 Å². The number of aromatic hydroxyl groups is 2. The van der Waals surface area contributed by atoms with Crippen molar-refractivity contribution >= 4 is 0 Å². The number of aliphatic hydroxyl groups excluding tert-OH is 2. The number of aromatic nitrogens is 2. The van der Waals surface area contributed by atoms with Crippen LogP contribution in [0, 0.1) is 36.5 Å². The lowest BCUT2D eigenvalue weighted by Crippen LogP contribution is -2.28. The zero-order valence-corrected chi connectivity index (χ0v) is 15.9. The maximum absolute atomic E-state index is 12.4. The molecule has 0 aliphatic heterocycles. The first-order valence-corrected chi connectivity index (χ1v) is 8.67. The van der Waals surface area contributed by atoms with Gasteiger partial charge in [0.2, 0.25) is 0 Å². The van der Waals surface area contributed by atoms with Crippen molar-refractivity contribution in [3.05, 3.63) is 54.1 Å². The van der Waals surface area contributed by atoms with Crippen molar-refractivity contribution < 1.29 is 20.4 Å². The minimum Gasteiger partial charge on any atom is -0.494 e. The summed E-state index contributed by atoms with van der Waals surface area (Å²) in [5, 5.41) is 58.2. The van der Waals surface area contributed by atoms with Crippen LogP contribution in [0.3, 0.4) is 0 Å². The van der Waals surface area contributed by atoms with E-state index in [9.17, 15) is 40.5 Å². The topological polar surface area (TPSA) is 172 Å². The summed E-state index contributed by atoms with van der Waals surface area (Å²) in [7, 11) is 0. The van der Waals surface area contributed by atoms with Gasteiger partial charge in [-0.05, 0) is 25.0 Å². The largest absolute Gasteiger partial charge is 0.494 e. The van der Waals surface area contributed by atoms with Gasteiger partial charge in [-0.15, -0.1) is 0 Å². The molecule has 10 heteroatoms. The highest BCUT2D eigenvalue weighted by molar-refractivity contribution is 5.52. The van der Waals surface area contributed by atoms with Gasteiger partial charge in [-0.3, -0.25) is 18.7 Å². The van der Waals surface area contributed by atoms with Gasteiger partial charge in [-0.2, -0.15) is 10.5 Å². The lowest BCUT2D eigenvalue weighted by molar-refractivity contribution is 0.262. The van der Waals surface area contributed by atoms with Crippen LogP contribution in [0.5, 0.6) is 11.8 Å². The van der Waals surface area contributed by atoms with Gasteiger partial charge in [0.25, 0.3) is 11.1 Å². The first-order valence-electron chi connectivity index (χ1n) is 8.67. The van der Waals surface area contributed by atoms with Crippen molar-refractivity contribution in [3.8, 4) is 23.9 Å². The van der Waals surface area contributed by atoms with Crippen LogP contribution >= 0.6 is 0 Å². The van der Waals surface area contributed by atoms with Gasteiger partial charge in [-0.25, -0.2) is 0 Å². The molecule has 0 radical (unpaired) electrons. The van der Waals surface area contributed by atoms with E-state index >= 15 is 0 Å². The SMILES string of the molecule is Cc1c(Cc2c(C)c(C#N)c(=O)n(CCO)c2O)c(O)n(CCO)c(=O)c1C#N. The Bertz CT molecular complexity index is 1070. The average Bonchev–Trinajstić information content (AvgIpc) is 2.68. The molecule has 2 rings (SSSR count). The Morgan fingerprint density at radius 1 is 0.793 bits per heavy atom. The third kappa shape index (κ3) is 3.59. The predicted octanol–water partition coefficient (Wildman–Crippen LogP) is -0.643. The first kappa shape index (κ1) is 21.7. The molecule has 0 saturated carbocycles.